The SMILES string of the molecule is CCN(CC)C(=O)c1cnc(Nc2cccc(F)c2)nc1. The topological polar surface area (TPSA) is 58.1 Å². The number of amides is 1. The molecular formula is C15H17FN4O. The highest BCUT2D eigenvalue weighted by atomic mass is 19.1. The molecule has 21 heavy (non-hydrogen) atoms. The first kappa shape index (κ1) is 14.9. The van der Waals surface area contributed by atoms with Gasteiger partial charge in [-0.15, -0.1) is 0 Å². The lowest BCUT2D eigenvalue weighted by atomic mass is 10.3. The van der Waals surface area contributed by atoms with Crippen molar-refractivity contribution < 1.29 is 9.18 Å². The summed E-state index contributed by atoms with van der Waals surface area (Å²) < 4.78 is 13.1. The maximum Gasteiger partial charge on any atom is 0.256 e. The predicted octanol–water partition coefficient (Wildman–Crippen LogP) is 2.84. The van der Waals surface area contributed by atoms with Crippen molar-refractivity contribution in [1.82, 2.24) is 14.9 Å². The predicted molar refractivity (Wildman–Crippen MR) is 79.0 cm³/mol. The van der Waals surface area contributed by atoms with Gasteiger partial charge in [0.25, 0.3) is 5.91 Å². The van der Waals surface area contributed by atoms with Crippen molar-refractivity contribution >= 4 is 17.5 Å². The molecular weight excluding hydrogens is 271 g/mol. The molecule has 0 aliphatic heterocycles. The molecule has 1 aromatic heterocycles. The molecule has 2 rings (SSSR count). The van der Waals surface area contributed by atoms with E-state index in [9.17, 15) is 9.18 Å². The van der Waals surface area contributed by atoms with Crippen molar-refractivity contribution in [3.05, 3.63) is 48.0 Å². The Labute approximate surface area is 122 Å². The average molecular weight is 288 g/mol. The molecule has 1 amide bonds. The van der Waals surface area contributed by atoms with E-state index >= 15 is 0 Å². The van der Waals surface area contributed by atoms with Crippen LogP contribution in [-0.4, -0.2) is 33.9 Å². The molecule has 0 saturated heterocycles. The van der Waals surface area contributed by atoms with Gasteiger partial charge in [0, 0.05) is 31.2 Å². The molecule has 0 bridgehead atoms. The molecule has 0 saturated carbocycles. The summed E-state index contributed by atoms with van der Waals surface area (Å²) in [6.45, 7) is 5.11. The van der Waals surface area contributed by atoms with Gasteiger partial charge in [0.2, 0.25) is 5.95 Å². The maximum atomic E-state index is 13.1. The molecule has 6 heteroatoms. The number of benzene rings is 1. The summed E-state index contributed by atoms with van der Waals surface area (Å²) in [6.07, 6.45) is 2.94. The fourth-order valence-electron chi connectivity index (χ4n) is 1.89. The van der Waals surface area contributed by atoms with Gasteiger partial charge >= 0.3 is 0 Å². The molecule has 0 unspecified atom stereocenters. The second-order valence-corrected chi connectivity index (χ2v) is 4.41. The van der Waals surface area contributed by atoms with Crippen molar-refractivity contribution in [2.24, 2.45) is 0 Å². The monoisotopic (exact) mass is 288 g/mol. The van der Waals surface area contributed by atoms with E-state index in [-0.39, 0.29) is 11.7 Å². The lowest BCUT2D eigenvalue weighted by Crippen LogP contribution is -2.30. The molecule has 0 fully saturated rings. The van der Waals surface area contributed by atoms with E-state index in [2.05, 4.69) is 15.3 Å². The Balaban J connectivity index is 2.10. The quantitative estimate of drug-likeness (QED) is 0.919. The summed E-state index contributed by atoms with van der Waals surface area (Å²) in [5, 5.41) is 2.88. The number of aromatic nitrogens is 2. The molecule has 2 aromatic rings. The van der Waals surface area contributed by atoms with Gasteiger partial charge in [0.1, 0.15) is 5.82 Å². The summed E-state index contributed by atoms with van der Waals surface area (Å²) in [4.78, 5) is 22.0. The fourth-order valence-corrected chi connectivity index (χ4v) is 1.89. The molecule has 1 heterocycles. The van der Waals surface area contributed by atoms with E-state index in [4.69, 9.17) is 0 Å². The lowest BCUT2D eigenvalue weighted by Gasteiger charge is -2.18. The number of anilines is 2. The van der Waals surface area contributed by atoms with Gasteiger partial charge in [-0.2, -0.15) is 0 Å². The van der Waals surface area contributed by atoms with E-state index in [0.29, 0.717) is 30.3 Å². The van der Waals surface area contributed by atoms with Crippen LogP contribution in [0, 0.1) is 5.82 Å². The fraction of sp³-hybridized carbons (Fsp3) is 0.267. The van der Waals surface area contributed by atoms with Gasteiger partial charge in [0.05, 0.1) is 5.56 Å². The van der Waals surface area contributed by atoms with Crippen LogP contribution < -0.4 is 5.32 Å². The normalized spacial score (nSPS) is 10.2. The molecule has 1 aromatic carbocycles. The number of nitrogens with one attached hydrogen (secondary N) is 1. The number of carbonyl (C=O) groups is 1. The van der Waals surface area contributed by atoms with Crippen LogP contribution in [0.3, 0.4) is 0 Å². The number of hydrogen-bond donors (Lipinski definition) is 1. The van der Waals surface area contributed by atoms with Gasteiger partial charge in [-0.05, 0) is 32.0 Å². The lowest BCUT2D eigenvalue weighted by molar-refractivity contribution is 0.0772. The largest absolute Gasteiger partial charge is 0.339 e. The van der Waals surface area contributed by atoms with Crippen molar-refractivity contribution in [3.8, 4) is 0 Å². The Bertz CT molecular complexity index is 611. The van der Waals surface area contributed by atoms with Crippen LogP contribution in [0.15, 0.2) is 36.7 Å². The van der Waals surface area contributed by atoms with Crippen LogP contribution in [0.4, 0.5) is 16.0 Å². The minimum atomic E-state index is -0.340. The molecule has 0 aliphatic carbocycles. The second kappa shape index (κ2) is 6.78. The number of halogens is 1. The molecule has 110 valence electrons. The molecule has 0 aliphatic rings. The Morgan fingerprint density at radius 2 is 1.90 bits per heavy atom. The van der Waals surface area contributed by atoms with Gasteiger partial charge in [-0.1, -0.05) is 6.07 Å². The standard InChI is InChI=1S/C15H17FN4O/c1-3-20(4-2)14(21)11-9-17-15(18-10-11)19-13-7-5-6-12(16)8-13/h5-10H,3-4H2,1-2H3,(H,17,18,19). The van der Waals surface area contributed by atoms with Crippen molar-refractivity contribution in [3.63, 3.8) is 0 Å². The zero-order chi connectivity index (χ0) is 15.2. The first-order chi connectivity index (χ1) is 10.1. The summed E-state index contributed by atoms with van der Waals surface area (Å²) >= 11 is 0. The zero-order valence-electron chi connectivity index (χ0n) is 12.0. The summed E-state index contributed by atoms with van der Waals surface area (Å²) in [5.74, 6) is -0.123. The smallest absolute Gasteiger partial charge is 0.256 e. The zero-order valence-corrected chi connectivity index (χ0v) is 12.0. The number of rotatable bonds is 5. The first-order valence-corrected chi connectivity index (χ1v) is 6.78. The van der Waals surface area contributed by atoms with Crippen LogP contribution >= 0.6 is 0 Å². The third-order valence-electron chi connectivity index (χ3n) is 3.03. The number of hydrogen-bond acceptors (Lipinski definition) is 4. The number of nitrogens with zero attached hydrogens (tertiary/aromatic N) is 3. The van der Waals surface area contributed by atoms with Crippen molar-refractivity contribution in [2.75, 3.05) is 18.4 Å². The highest BCUT2D eigenvalue weighted by Crippen LogP contribution is 2.14. The van der Waals surface area contributed by atoms with Crippen molar-refractivity contribution in [1.29, 1.82) is 0 Å². The second-order valence-electron chi connectivity index (χ2n) is 4.41. The van der Waals surface area contributed by atoms with Crippen LogP contribution in [0.2, 0.25) is 0 Å². The van der Waals surface area contributed by atoms with E-state index in [1.807, 2.05) is 13.8 Å². The van der Waals surface area contributed by atoms with E-state index in [0.717, 1.165) is 0 Å². The maximum absolute atomic E-state index is 13.1. The Morgan fingerprint density at radius 3 is 2.48 bits per heavy atom. The van der Waals surface area contributed by atoms with Crippen LogP contribution in [0.1, 0.15) is 24.2 Å². The van der Waals surface area contributed by atoms with E-state index in [1.54, 1.807) is 17.0 Å². The molecule has 0 atom stereocenters. The average Bonchev–Trinajstić information content (AvgIpc) is 2.49. The highest BCUT2D eigenvalue weighted by Gasteiger charge is 2.13. The summed E-state index contributed by atoms with van der Waals surface area (Å²) in [6, 6.07) is 6.01. The van der Waals surface area contributed by atoms with Crippen molar-refractivity contribution in [2.45, 2.75) is 13.8 Å². The van der Waals surface area contributed by atoms with Gasteiger partial charge < -0.3 is 10.2 Å². The van der Waals surface area contributed by atoms with E-state index in [1.165, 1.54) is 24.5 Å². The molecule has 0 spiro atoms. The van der Waals surface area contributed by atoms with Gasteiger partial charge in [-0.3, -0.25) is 4.79 Å². The third kappa shape index (κ3) is 3.75. The first-order valence-electron chi connectivity index (χ1n) is 6.78. The Hall–Kier alpha value is -2.50. The minimum Gasteiger partial charge on any atom is -0.339 e. The van der Waals surface area contributed by atoms with Gasteiger partial charge in [-0.25, -0.2) is 14.4 Å². The molecule has 5 nitrogen and oxygen atoms in total. The van der Waals surface area contributed by atoms with Crippen LogP contribution in [0.25, 0.3) is 0 Å². The summed E-state index contributed by atoms with van der Waals surface area (Å²) in [7, 11) is 0. The van der Waals surface area contributed by atoms with Gasteiger partial charge in [0.15, 0.2) is 0 Å². The Morgan fingerprint density at radius 1 is 1.24 bits per heavy atom. The van der Waals surface area contributed by atoms with E-state index < -0.39 is 0 Å². The Kier molecular flexibility index (Phi) is 4.81. The number of carbonyl (C=O) groups excluding carboxylic acids is 1. The molecule has 1 N–H and O–H groups in total. The van der Waals surface area contributed by atoms with Crippen LogP contribution in [0.5, 0.6) is 0 Å². The van der Waals surface area contributed by atoms with Crippen LogP contribution in [-0.2, 0) is 0 Å². The minimum absolute atomic E-state index is 0.0997. The third-order valence-corrected chi connectivity index (χ3v) is 3.03. The highest BCUT2D eigenvalue weighted by molar-refractivity contribution is 5.93. The summed E-state index contributed by atoms with van der Waals surface area (Å²) in [5.41, 5.74) is 0.987. The molecule has 0 radical (unpaired) electrons.